The van der Waals surface area contributed by atoms with Crippen molar-refractivity contribution in [1.82, 2.24) is 0 Å². The Labute approximate surface area is 95.1 Å². The van der Waals surface area contributed by atoms with E-state index in [2.05, 4.69) is 0 Å². The first-order chi connectivity index (χ1) is 7.83. The minimum absolute atomic E-state index is 0.764. The molecule has 0 bridgehead atoms. The summed E-state index contributed by atoms with van der Waals surface area (Å²) in [5, 5.41) is 1.12. The summed E-state index contributed by atoms with van der Waals surface area (Å²) in [5.74, 6) is 0.876. The Kier molecular flexibility index (Phi) is 2.07. The Hall–Kier alpha value is -1.96. The van der Waals surface area contributed by atoms with Gasteiger partial charge in [-0.3, -0.25) is 0 Å². The molecule has 2 aromatic carbocycles. The van der Waals surface area contributed by atoms with E-state index < -0.39 is 0 Å². The van der Waals surface area contributed by atoms with Gasteiger partial charge in [0.25, 0.3) is 0 Å². The van der Waals surface area contributed by atoms with E-state index in [4.69, 9.17) is 12.3 Å². The quantitative estimate of drug-likeness (QED) is 0.555. The Balaban J connectivity index is 2.15. The van der Waals surface area contributed by atoms with Crippen molar-refractivity contribution in [2.45, 2.75) is 0 Å². The number of rotatable bonds is 1. The number of para-hydroxylation sites is 1. The van der Waals surface area contributed by atoms with E-state index in [0.29, 0.717) is 0 Å². The molecule has 0 amide bonds. The minimum atomic E-state index is 0.764. The Morgan fingerprint density at radius 3 is 2.38 bits per heavy atom. The van der Waals surface area contributed by atoms with Gasteiger partial charge in [-0.15, -0.1) is 0 Å². The van der Waals surface area contributed by atoms with Gasteiger partial charge in [0.05, 0.1) is 0 Å². The normalized spacial score (nSPS) is 10.8. The molecular formula is C14H9BO. The molecule has 0 aliphatic carbocycles. The standard InChI is InChI=1S/C14H9BO/c15-12-7-5-10(6-8-12)14-9-11-3-1-2-4-13(11)16-14/h1-9H. The van der Waals surface area contributed by atoms with Crippen molar-refractivity contribution in [1.29, 1.82) is 0 Å². The van der Waals surface area contributed by atoms with E-state index in [1.54, 1.807) is 0 Å². The molecular weight excluding hydrogens is 195 g/mol. The zero-order chi connectivity index (χ0) is 11.0. The Bertz CT molecular complexity index is 590. The highest BCUT2D eigenvalue weighted by Gasteiger charge is 2.04. The van der Waals surface area contributed by atoms with E-state index >= 15 is 0 Å². The summed E-state index contributed by atoms with van der Waals surface area (Å²) in [6.45, 7) is 0. The molecule has 0 aliphatic rings. The van der Waals surface area contributed by atoms with Crippen LogP contribution >= 0.6 is 0 Å². The van der Waals surface area contributed by atoms with Crippen LogP contribution in [-0.4, -0.2) is 7.85 Å². The zero-order valence-corrected chi connectivity index (χ0v) is 8.68. The van der Waals surface area contributed by atoms with Gasteiger partial charge in [-0.2, -0.15) is 0 Å². The molecule has 1 aromatic heterocycles. The molecule has 0 fully saturated rings. The van der Waals surface area contributed by atoms with Crippen LogP contribution in [0, 0.1) is 0 Å². The lowest BCUT2D eigenvalue weighted by Gasteiger charge is -1.96. The number of fused-ring (bicyclic) bond motifs is 1. The van der Waals surface area contributed by atoms with Gasteiger partial charge < -0.3 is 4.42 Å². The molecule has 2 heteroatoms. The first kappa shape index (κ1) is 9.28. The summed E-state index contributed by atoms with van der Waals surface area (Å²) in [4.78, 5) is 0. The fourth-order valence-electron chi connectivity index (χ4n) is 1.77. The fraction of sp³-hybridized carbons (Fsp3) is 0. The van der Waals surface area contributed by atoms with Crippen LogP contribution in [0.15, 0.2) is 59.0 Å². The third-order valence-corrected chi connectivity index (χ3v) is 2.62. The maximum absolute atomic E-state index is 5.75. The predicted molar refractivity (Wildman–Crippen MR) is 67.0 cm³/mol. The smallest absolute Gasteiger partial charge is 0.135 e. The molecule has 74 valence electrons. The highest BCUT2D eigenvalue weighted by molar-refractivity contribution is 6.32. The lowest BCUT2D eigenvalue weighted by Crippen LogP contribution is -1.98. The van der Waals surface area contributed by atoms with Crippen LogP contribution in [-0.2, 0) is 0 Å². The number of hydrogen-bond donors (Lipinski definition) is 0. The average molecular weight is 204 g/mol. The van der Waals surface area contributed by atoms with E-state index in [1.807, 2.05) is 54.6 Å². The number of hydrogen-bond acceptors (Lipinski definition) is 1. The molecule has 0 unspecified atom stereocenters. The largest absolute Gasteiger partial charge is 0.456 e. The topological polar surface area (TPSA) is 13.1 Å². The Morgan fingerprint density at radius 2 is 1.62 bits per heavy atom. The van der Waals surface area contributed by atoms with Crippen molar-refractivity contribution in [3.8, 4) is 11.3 Å². The summed E-state index contributed by atoms with van der Waals surface area (Å²) in [6, 6.07) is 17.7. The van der Waals surface area contributed by atoms with Crippen LogP contribution in [0.5, 0.6) is 0 Å². The van der Waals surface area contributed by atoms with Gasteiger partial charge in [0.2, 0.25) is 0 Å². The van der Waals surface area contributed by atoms with Crippen molar-refractivity contribution in [3.05, 3.63) is 54.6 Å². The predicted octanol–water partition coefficient (Wildman–Crippen LogP) is 2.89. The maximum Gasteiger partial charge on any atom is 0.135 e. The molecule has 0 atom stereocenters. The van der Waals surface area contributed by atoms with E-state index in [-0.39, 0.29) is 0 Å². The number of benzene rings is 2. The molecule has 3 aromatic rings. The summed E-state index contributed by atoms with van der Waals surface area (Å²) in [5.41, 5.74) is 2.72. The van der Waals surface area contributed by atoms with Crippen molar-refractivity contribution < 1.29 is 4.42 Å². The monoisotopic (exact) mass is 204 g/mol. The van der Waals surface area contributed by atoms with Crippen LogP contribution in [0.25, 0.3) is 22.3 Å². The van der Waals surface area contributed by atoms with Crippen molar-refractivity contribution in [2.75, 3.05) is 0 Å². The van der Waals surface area contributed by atoms with Crippen molar-refractivity contribution in [2.24, 2.45) is 0 Å². The van der Waals surface area contributed by atoms with Crippen LogP contribution in [0.3, 0.4) is 0 Å². The Morgan fingerprint density at radius 1 is 0.875 bits per heavy atom. The molecule has 0 spiro atoms. The van der Waals surface area contributed by atoms with Crippen LogP contribution in [0.1, 0.15) is 0 Å². The summed E-state index contributed by atoms with van der Waals surface area (Å²) in [6.07, 6.45) is 0. The molecule has 0 aliphatic heterocycles. The molecule has 0 saturated carbocycles. The summed E-state index contributed by atoms with van der Waals surface area (Å²) >= 11 is 0. The van der Waals surface area contributed by atoms with E-state index in [9.17, 15) is 0 Å². The lowest BCUT2D eigenvalue weighted by molar-refractivity contribution is 0.631. The summed E-state index contributed by atoms with van der Waals surface area (Å²) in [7, 11) is 5.65. The van der Waals surface area contributed by atoms with Gasteiger partial charge in [0, 0.05) is 10.9 Å². The fourth-order valence-corrected chi connectivity index (χ4v) is 1.77. The zero-order valence-electron chi connectivity index (χ0n) is 8.68. The van der Waals surface area contributed by atoms with Gasteiger partial charge in [-0.05, 0) is 12.1 Å². The SMILES string of the molecule is [B]c1ccc(-c2cc3ccccc3o2)cc1. The summed E-state index contributed by atoms with van der Waals surface area (Å²) < 4.78 is 5.75. The van der Waals surface area contributed by atoms with Crippen molar-refractivity contribution >= 4 is 24.3 Å². The first-order valence-electron chi connectivity index (χ1n) is 5.17. The highest BCUT2D eigenvalue weighted by Crippen LogP contribution is 2.26. The lowest BCUT2D eigenvalue weighted by atomic mass is 9.95. The minimum Gasteiger partial charge on any atom is -0.456 e. The second-order valence-corrected chi connectivity index (χ2v) is 3.77. The molecule has 0 saturated heterocycles. The van der Waals surface area contributed by atoms with Crippen molar-refractivity contribution in [3.63, 3.8) is 0 Å². The van der Waals surface area contributed by atoms with Gasteiger partial charge in [0.15, 0.2) is 0 Å². The molecule has 1 nitrogen and oxygen atoms in total. The molecule has 0 N–H and O–H groups in total. The first-order valence-corrected chi connectivity index (χ1v) is 5.17. The third-order valence-electron chi connectivity index (χ3n) is 2.62. The third kappa shape index (κ3) is 1.52. The molecule has 2 radical (unpaired) electrons. The highest BCUT2D eigenvalue weighted by atomic mass is 16.3. The van der Waals surface area contributed by atoms with E-state index in [0.717, 1.165) is 27.8 Å². The number of furan rings is 1. The van der Waals surface area contributed by atoms with Gasteiger partial charge >= 0.3 is 0 Å². The molecule has 16 heavy (non-hydrogen) atoms. The van der Waals surface area contributed by atoms with E-state index in [1.165, 1.54) is 0 Å². The van der Waals surface area contributed by atoms with Gasteiger partial charge in [0.1, 0.15) is 19.2 Å². The maximum atomic E-state index is 5.75. The average Bonchev–Trinajstić information content (AvgIpc) is 2.73. The second-order valence-electron chi connectivity index (χ2n) is 3.77. The molecule has 3 rings (SSSR count). The van der Waals surface area contributed by atoms with Crippen LogP contribution in [0.2, 0.25) is 0 Å². The van der Waals surface area contributed by atoms with Gasteiger partial charge in [-0.25, -0.2) is 0 Å². The second kappa shape index (κ2) is 3.56. The van der Waals surface area contributed by atoms with Crippen LogP contribution in [0.4, 0.5) is 0 Å². The molecule has 1 heterocycles. The van der Waals surface area contributed by atoms with Gasteiger partial charge in [-0.1, -0.05) is 47.9 Å². The van der Waals surface area contributed by atoms with Crippen LogP contribution < -0.4 is 5.46 Å².